The fourth-order valence-corrected chi connectivity index (χ4v) is 5.68. The van der Waals surface area contributed by atoms with E-state index in [2.05, 4.69) is 5.32 Å². The number of piperidine rings is 1. The molecule has 0 radical (unpaired) electrons. The first-order chi connectivity index (χ1) is 13.5. The van der Waals surface area contributed by atoms with Gasteiger partial charge in [0.1, 0.15) is 5.60 Å². The Morgan fingerprint density at radius 3 is 2.38 bits per heavy atom. The number of nitrogens with one attached hydrogen (secondary N) is 1. The number of carbonyl (C=O) groups is 2. The van der Waals surface area contributed by atoms with Gasteiger partial charge in [-0.25, -0.2) is 13.2 Å². The molecule has 0 aromatic heterocycles. The van der Waals surface area contributed by atoms with Crippen LogP contribution in [0.4, 0.5) is 4.79 Å². The second-order valence-corrected chi connectivity index (χ2v) is 10.3. The minimum absolute atomic E-state index is 0.196. The molecular weight excluding hydrogens is 396 g/mol. The van der Waals surface area contributed by atoms with Crippen molar-refractivity contribution in [2.24, 2.45) is 5.92 Å². The van der Waals surface area contributed by atoms with Crippen molar-refractivity contribution in [2.45, 2.75) is 69.7 Å². The Hall–Kier alpha value is -2.13. The molecule has 1 aliphatic heterocycles. The van der Waals surface area contributed by atoms with Crippen LogP contribution in [-0.4, -0.2) is 55.1 Å². The molecule has 1 heterocycles. The van der Waals surface area contributed by atoms with E-state index >= 15 is 0 Å². The number of benzene rings is 1. The molecule has 160 valence electrons. The van der Waals surface area contributed by atoms with Crippen molar-refractivity contribution in [2.75, 3.05) is 6.61 Å². The number of nitrogens with zero attached hydrogens (tertiary/aromatic N) is 1. The molecule has 3 rings (SSSR count). The molecule has 8 nitrogen and oxygen atoms in total. The number of amides is 1. The van der Waals surface area contributed by atoms with Crippen LogP contribution in [-0.2, 0) is 24.3 Å². The van der Waals surface area contributed by atoms with Gasteiger partial charge < -0.3 is 14.8 Å². The van der Waals surface area contributed by atoms with Gasteiger partial charge in [-0.1, -0.05) is 17.7 Å². The summed E-state index contributed by atoms with van der Waals surface area (Å²) in [5, 5.41) is 2.71. The van der Waals surface area contributed by atoms with Crippen molar-refractivity contribution in [1.29, 1.82) is 0 Å². The second-order valence-electron chi connectivity index (χ2n) is 8.47. The number of aryl methyl sites for hydroxylation is 1. The lowest BCUT2D eigenvalue weighted by Crippen LogP contribution is -2.48. The normalized spacial score (nSPS) is 28.4. The minimum Gasteiger partial charge on any atom is -0.466 e. The zero-order chi connectivity index (χ0) is 21.6. The largest absolute Gasteiger partial charge is 0.466 e. The minimum atomic E-state index is -3.72. The van der Waals surface area contributed by atoms with E-state index in [4.69, 9.17) is 9.47 Å². The highest BCUT2D eigenvalue weighted by molar-refractivity contribution is 7.89. The Balaban J connectivity index is 1.81. The van der Waals surface area contributed by atoms with Gasteiger partial charge in [-0.3, -0.25) is 4.79 Å². The van der Waals surface area contributed by atoms with Crippen molar-refractivity contribution in [3.63, 3.8) is 0 Å². The standard InChI is InChI=1S/C20H28N2O6S/c1-6-27-18(23)14-11-15-17(16(14)21-19(24)28-20(3,4)5)22(15)29(25,26)13-9-7-12(2)8-10-13/h7-10,14-17H,6,11H2,1-5H3,(H,21,24)/t14-,15+,16-,17+,22?/m0/s1. The molecule has 2 aliphatic rings. The molecule has 1 saturated heterocycles. The van der Waals surface area contributed by atoms with E-state index in [0.29, 0.717) is 6.42 Å². The van der Waals surface area contributed by atoms with Gasteiger partial charge in [0.05, 0.1) is 29.5 Å². The van der Waals surface area contributed by atoms with Crippen LogP contribution in [0, 0.1) is 12.8 Å². The highest BCUT2D eigenvalue weighted by atomic mass is 32.2. The molecule has 1 N–H and O–H groups in total. The number of sulfonamides is 1. The van der Waals surface area contributed by atoms with Gasteiger partial charge in [-0.05, 0) is 53.2 Å². The summed E-state index contributed by atoms with van der Waals surface area (Å²) in [5.41, 5.74) is 0.250. The molecule has 1 unspecified atom stereocenters. The third-order valence-electron chi connectivity index (χ3n) is 5.09. The Morgan fingerprint density at radius 1 is 1.21 bits per heavy atom. The number of alkyl carbamates (subject to hydrolysis) is 1. The Labute approximate surface area is 171 Å². The van der Waals surface area contributed by atoms with Crippen LogP contribution in [0.3, 0.4) is 0 Å². The first-order valence-electron chi connectivity index (χ1n) is 9.72. The maximum Gasteiger partial charge on any atom is 0.407 e. The highest BCUT2D eigenvalue weighted by Gasteiger charge is 2.67. The number of hydrogen-bond donors (Lipinski definition) is 1. The topological polar surface area (TPSA) is 102 Å². The van der Waals surface area contributed by atoms with Gasteiger partial charge in [0.15, 0.2) is 0 Å². The van der Waals surface area contributed by atoms with Crippen LogP contribution in [0.1, 0.15) is 39.7 Å². The Bertz CT molecular complexity index is 891. The van der Waals surface area contributed by atoms with E-state index in [9.17, 15) is 18.0 Å². The zero-order valence-corrected chi connectivity index (χ0v) is 18.2. The smallest absolute Gasteiger partial charge is 0.407 e. The number of fused-ring (bicyclic) bond motifs is 1. The van der Waals surface area contributed by atoms with Crippen LogP contribution < -0.4 is 5.32 Å². The molecule has 5 atom stereocenters. The molecule has 1 aromatic carbocycles. The van der Waals surface area contributed by atoms with Crippen molar-refractivity contribution >= 4 is 22.1 Å². The molecule has 29 heavy (non-hydrogen) atoms. The van der Waals surface area contributed by atoms with Gasteiger partial charge in [-0.2, -0.15) is 4.31 Å². The van der Waals surface area contributed by atoms with E-state index in [1.54, 1.807) is 52.0 Å². The summed E-state index contributed by atoms with van der Waals surface area (Å²) in [6.07, 6.45) is -0.383. The fraction of sp³-hybridized carbons (Fsp3) is 0.600. The van der Waals surface area contributed by atoms with Crippen molar-refractivity contribution in [3.8, 4) is 0 Å². The summed E-state index contributed by atoms with van der Waals surface area (Å²) in [7, 11) is -3.72. The monoisotopic (exact) mass is 424 g/mol. The molecule has 1 aliphatic carbocycles. The quantitative estimate of drug-likeness (QED) is 0.574. The van der Waals surface area contributed by atoms with E-state index in [-0.39, 0.29) is 17.5 Å². The summed E-state index contributed by atoms with van der Waals surface area (Å²) in [6.45, 7) is 9.01. The molecule has 0 bridgehead atoms. The Morgan fingerprint density at radius 2 is 1.83 bits per heavy atom. The molecular formula is C20H28N2O6S. The van der Waals surface area contributed by atoms with E-state index in [1.165, 1.54) is 4.31 Å². The summed E-state index contributed by atoms with van der Waals surface area (Å²) in [4.78, 5) is 24.9. The third kappa shape index (κ3) is 4.40. The molecule has 1 aromatic rings. The van der Waals surface area contributed by atoms with E-state index in [0.717, 1.165) is 5.56 Å². The van der Waals surface area contributed by atoms with Crippen LogP contribution in [0.25, 0.3) is 0 Å². The van der Waals surface area contributed by atoms with Gasteiger partial charge in [0, 0.05) is 6.04 Å². The van der Waals surface area contributed by atoms with Gasteiger partial charge in [0.25, 0.3) is 0 Å². The van der Waals surface area contributed by atoms with Crippen LogP contribution in [0.2, 0.25) is 0 Å². The molecule has 9 heteroatoms. The number of rotatable bonds is 5. The van der Waals surface area contributed by atoms with Crippen LogP contribution in [0.15, 0.2) is 29.2 Å². The lowest BCUT2D eigenvalue weighted by Gasteiger charge is -2.26. The SMILES string of the molecule is CCOC(=O)[C@H]1C[C@@H]2[C@H]([C@H]1NC(=O)OC(C)(C)C)N2S(=O)(=O)c1ccc(C)cc1. The molecule has 2 fully saturated rings. The molecule has 0 spiro atoms. The molecule has 1 amide bonds. The summed E-state index contributed by atoms with van der Waals surface area (Å²) in [6, 6.07) is 5.07. The lowest BCUT2D eigenvalue weighted by atomic mass is 10.0. The third-order valence-corrected chi connectivity index (χ3v) is 7.03. The average Bonchev–Trinajstić information content (AvgIpc) is 3.22. The van der Waals surface area contributed by atoms with Gasteiger partial charge in [0.2, 0.25) is 10.0 Å². The van der Waals surface area contributed by atoms with Gasteiger partial charge >= 0.3 is 12.1 Å². The maximum absolute atomic E-state index is 13.0. The number of ether oxygens (including phenoxy) is 2. The predicted octanol–water partition coefficient (Wildman–Crippen LogP) is 2.21. The zero-order valence-electron chi connectivity index (χ0n) is 17.3. The van der Waals surface area contributed by atoms with E-state index in [1.807, 2.05) is 6.92 Å². The number of esters is 1. The van der Waals surface area contributed by atoms with Crippen molar-refractivity contribution in [3.05, 3.63) is 29.8 Å². The van der Waals surface area contributed by atoms with Crippen molar-refractivity contribution in [1.82, 2.24) is 9.62 Å². The molecule has 1 saturated carbocycles. The average molecular weight is 425 g/mol. The first-order valence-corrected chi connectivity index (χ1v) is 11.2. The fourth-order valence-electron chi connectivity index (χ4n) is 3.85. The van der Waals surface area contributed by atoms with Gasteiger partial charge in [-0.15, -0.1) is 0 Å². The maximum atomic E-state index is 13.0. The van der Waals surface area contributed by atoms with Crippen molar-refractivity contribution < 1.29 is 27.5 Å². The first kappa shape index (κ1) is 21.6. The second kappa shape index (κ2) is 7.60. The number of hydrogen-bond acceptors (Lipinski definition) is 6. The van der Waals surface area contributed by atoms with E-state index < -0.39 is 45.7 Å². The van der Waals surface area contributed by atoms with Crippen LogP contribution >= 0.6 is 0 Å². The predicted molar refractivity (Wildman–Crippen MR) is 106 cm³/mol. The highest BCUT2D eigenvalue weighted by Crippen LogP contribution is 2.49. The lowest BCUT2D eigenvalue weighted by molar-refractivity contribution is -0.148. The van der Waals surface area contributed by atoms with Crippen LogP contribution in [0.5, 0.6) is 0 Å². The summed E-state index contributed by atoms with van der Waals surface area (Å²) in [5.74, 6) is -1.05. The summed E-state index contributed by atoms with van der Waals surface area (Å²) >= 11 is 0. The Kier molecular flexibility index (Phi) is 5.66. The summed E-state index contributed by atoms with van der Waals surface area (Å²) < 4.78 is 37.9. The number of carbonyl (C=O) groups excluding carboxylic acids is 2.